The molecule has 18 heavy (non-hydrogen) atoms. The van der Waals surface area contributed by atoms with Crippen LogP contribution in [0.25, 0.3) is 0 Å². The van der Waals surface area contributed by atoms with E-state index in [0.717, 1.165) is 12.1 Å². The van der Waals surface area contributed by atoms with Crippen molar-refractivity contribution in [2.75, 3.05) is 26.7 Å². The predicted octanol–water partition coefficient (Wildman–Crippen LogP) is 0.928. The van der Waals surface area contributed by atoms with Crippen LogP contribution in [0.2, 0.25) is 0 Å². The number of benzene rings is 1. The third-order valence-electron chi connectivity index (χ3n) is 3.21. The van der Waals surface area contributed by atoms with Gasteiger partial charge in [0.25, 0.3) is 0 Å². The minimum absolute atomic E-state index is 0.337. The van der Waals surface area contributed by atoms with Gasteiger partial charge in [-0.05, 0) is 25.7 Å². The zero-order chi connectivity index (χ0) is 13.6. The maximum atomic E-state index is 12.0. The molecule has 4 nitrogen and oxygen atoms in total. The number of hydrogen-bond donors (Lipinski definition) is 2. The van der Waals surface area contributed by atoms with Crippen molar-refractivity contribution < 1.29 is 4.79 Å². The zero-order valence-electron chi connectivity index (χ0n) is 11.4. The molecule has 0 fully saturated rings. The van der Waals surface area contributed by atoms with E-state index in [1.807, 2.05) is 44.3 Å². The summed E-state index contributed by atoms with van der Waals surface area (Å²) in [6.07, 6.45) is 0. The first-order valence-electron chi connectivity index (χ1n) is 6.35. The molecule has 0 saturated heterocycles. The van der Waals surface area contributed by atoms with Gasteiger partial charge in [-0.2, -0.15) is 0 Å². The molecular formula is C14H23N3O. The number of nitrogens with two attached hydrogens (primary N) is 1. The Bertz CT molecular complexity index is 380. The Balaban J connectivity index is 3.17. The van der Waals surface area contributed by atoms with Gasteiger partial charge in [0.1, 0.15) is 5.54 Å². The Morgan fingerprint density at radius 1 is 1.33 bits per heavy atom. The minimum Gasteiger partial charge on any atom is -0.368 e. The molecule has 0 radical (unpaired) electrons. The van der Waals surface area contributed by atoms with E-state index in [1.54, 1.807) is 0 Å². The molecular weight excluding hydrogens is 226 g/mol. The number of carbonyl (C=O) groups is 1. The standard InChI is InChI=1S/C14H23N3O/c1-4-16-14(13(15)18,11-17(3)5-2)12-9-7-6-8-10-12/h6-10,16H,4-5,11H2,1-3H3,(H2,15,18). The number of likely N-dealkylation sites (N-methyl/N-ethyl adjacent to an activating group) is 2. The van der Waals surface area contributed by atoms with E-state index in [-0.39, 0.29) is 5.91 Å². The number of nitrogens with zero attached hydrogens (tertiary/aromatic N) is 1. The average molecular weight is 249 g/mol. The fourth-order valence-electron chi connectivity index (χ4n) is 2.10. The first-order chi connectivity index (χ1) is 8.56. The van der Waals surface area contributed by atoms with Crippen LogP contribution in [0.4, 0.5) is 0 Å². The molecule has 1 unspecified atom stereocenters. The quantitative estimate of drug-likeness (QED) is 0.756. The Morgan fingerprint density at radius 2 is 1.94 bits per heavy atom. The van der Waals surface area contributed by atoms with E-state index in [0.29, 0.717) is 13.1 Å². The normalized spacial score (nSPS) is 14.4. The highest BCUT2D eigenvalue weighted by Crippen LogP contribution is 2.22. The summed E-state index contributed by atoms with van der Waals surface area (Å²) >= 11 is 0. The van der Waals surface area contributed by atoms with Crippen LogP contribution in [0.5, 0.6) is 0 Å². The maximum Gasteiger partial charge on any atom is 0.243 e. The molecule has 0 aliphatic carbocycles. The first-order valence-corrected chi connectivity index (χ1v) is 6.35. The van der Waals surface area contributed by atoms with Gasteiger partial charge >= 0.3 is 0 Å². The van der Waals surface area contributed by atoms with Crippen molar-refractivity contribution in [1.29, 1.82) is 0 Å². The van der Waals surface area contributed by atoms with Crippen molar-refractivity contribution in [3.63, 3.8) is 0 Å². The summed E-state index contributed by atoms with van der Waals surface area (Å²) in [5.41, 5.74) is 5.76. The van der Waals surface area contributed by atoms with Gasteiger partial charge in [-0.3, -0.25) is 10.1 Å². The highest BCUT2D eigenvalue weighted by molar-refractivity contribution is 5.86. The predicted molar refractivity (Wildman–Crippen MR) is 74.2 cm³/mol. The van der Waals surface area contributed by atoms with Gasteiger partial charge in [-0.1, -0.05) is 44.2 Å². The van der Waals surface area contributed by atoms with Crippen molar-refractivity contribution in [3.8, 4) is 0 Å². The van der Waals surface area contributed by atoms with Crippen molar-refractivity contribution >= 4 is 5.91 Å². The van der Waals surface area contributed by atoms with E-state index >= 15 is 0 Å². The smallest absolute Gasteiger partial charge is 0.243 e. The van der Waals surface area contributed by atoms with Crippen molar-refractivity contribution in [1.82, 2.24) is 10.2 Å². The molecule has 1 aromatic carbocycles. The maximum absolute atomic E-state index is 12.0. The lowest BCUT2D eigenvalue weighted by Gasteiger charge is -2.35. The number of carbonyl (C=O) groups excluding carboxylic acids is 1. The van der Waals surface area contributed by atoms with Gasteiger partial charge in [-0.15, -0.1) is 0 Å². The molecule has 1 aromatic rings. The van der Waals surface area contributed by atoms with Crippen LogP contribution < -0.4 is 11.1 Å². The zero-order valence-corrected chi connectivity index (χ0v) is 11.4. The van der Waals surface area contributed by atoms with E-state index in [1.165, 1.54) is 0 Å². The summed E-state index contributed by atoms with van der Waals surface area (Å²) in [4.78, 5) is 14.1. The lowest BCUT2D eigenvalue weighted by molar-refractivity contribution is -0.125. The van der Waals surface area contributed by atoms with Gasteiger partial charge in [0.2, 0.25) is 5.91 Å². The molecule has 0 heterocycles. The van der Waals surface area contributed by atoms with Gasteiger partial charge < -0.3 is 10.6 Å². The van der Waals surface area contributed by atoms with Gasteiger partial charge in [0.15, 0.2) is 0 Å². The van der Waals surface area contributed by atoms with Crippen molar-refractivity contribution in [2.45, 2.75) is 19.4 Å². The van der Waals surface area contributed by atoms with Crippen LogP contribution in [0.1, 0.15) is 19.4 Å². The molecule has 0 aliphatic heterocycles. The summed E-state index contributed by atoms with van der Waals surface area (Å²) in [6.45, 7) is 6.16. The van der Waals surface area contributed by atoms with Crippen LogP contribution in [0.3, 0.4) is 0 Å². The summed E-state index contributed by atoms with van der Waals surface area (Å²) < 4.78 is 0. The molecule has 1 amide bonds. The Labute approximate surface area is 109 Å². The third-order valence-corrected chi connectivity index (χ3v) is 3.21. The lowest BCUT2D eigenvalue weighted by Crippen LogP contribution is -2.58. The van der Waals surface area contributed by atoms with Crippen LogP contribution >= 0.6 is 0 Å². The fourth-order valence-corrected chi connectivity index (χ4v) is 2.10. The molecule has 1 rings (SSSR count). The largest absolute Gasteiger partial charge is 0.368 e. The molecule has 0 saturated carbocycles. The second kappa shape index (κ2) is 6.52. The molecule has 4 heteroatoms. The second-order valence-electron chi connectivity index (χ2n) is 4.50. The van der Waals surface area contributed by atoms with Crippen LogP contribution in [0, 0.1) is 0 Å². The second-order valence-corrected chi connectivity index (χ2v) is 4.50. The molecule has 0 aromatic heterocycles. The molecule has 3 N–H and O–H groups in total. The topological polar surface area (TPSA) is 58.4 Å². The van der Waals surface area contributed by atoms with Crippen LogP contribution in [0.15, 0.2) is 30.3 Å². The summed E-state index contributed by atoms with van der Waals surface area (Å²) in [5, 5.41) is 3.26. The number of rotatable bonds is 7. The fraction of sp³-hybridized carbons (Fsp3) is 0.500. The highest BCUT2D eigenvalue weighted by atomic mass is 16.1. The summed E-state index contributed by atoms with van der Waals surface area (Å²) in [6, 6.07) is 9.67. The average Bonchev–Trinajstić information content (AvgIpc) is 2.38. The molecule has 1 atom stereocenters. The van der Waals surface area contributed by atoms with Gasteiger partial charge in [0.05, 0.1) is 0 Å². The first kappa shape index (κ1) is 14.7. The number of amides is 1. The summed E-state index contributed by atoms with van der Waals surface area (Å²) in [7, 11) is 1.98. The van der Waals surface area contributed by atoms with E-state index < -0.39 is 5.54 Å². The third kappa shape index (κ3) is 3.09. The van der Waals surface area contributed by atoms with Crippen LogP contribution in [-0.4, -0.2) is 37.5 Å². The molecule has 0 aliphatic rings. The van der Waals surface area contributed by atoms with E-state index in [9.17, 15) is 4.79 Å². The molecule has 100 valence electrons. The van der Waals surface area contributed by atoms with E-state index in [4.69, 9.17) is 5.73 Å². The Hall–Kier alpha value is -1.39. The monoisotopic (exact) mass is 249 g/mol. The highest BCUT2D eigenvalue weighted by Gasteiger charge is 2.38. The minimum atomic E-state index is -0.819. The lowest BCUT2D eigenvalue weighted by atomic mass is 9.88. The molecule has 0 spiro atoms. The van der Waals surface area contributed by atoms with Gasteiger partial charge in [-0.25, -0.2) is 0 Å². The summed E-state index contributed by atoms with van der Waals surface area (Å²) in [5.74, 6) is -0.337. The van der Waals surface area contributed by atoms with Gasteiger partial charge in [0, 0.05) is 6.54 Å². The SMILES string of the molecule is CCNC(CN(C)CC)(C(N)=O)c1ccccc1. The number of hydrogen-bond acceptors (Lipinski definition) is 3. The van der Waals surface area contributed by atoms with Crippen LogP contribution in [-0.2, 0) is 10.3 Å². The van der Waals surface area contributed by atoms with Crippen molar-refractivity contribution in [2.24, 2.45) is 5.73 Å². The number of primary amides is 1. The molecule has 0 bridgehead atoms. The number of nitrogens with one attached hydrogen (secondary N) is 1. The Kier molecular flexibility index (Phi) is 5.31. The van der Waals surface area contributed by atoms with E-state index in [2.05, 4.69) is 17.1 Å². The van der Waals surface area contributed by atoms with Crippen molar-refractivity contribution in [3.05, 3.63) is 35.9 Å². The Morgan fingerprint density at radius 3 is 2.39 bits per heavy atom.